The van der Waals surface area contributed by atoms with Gasteiger partial charge in [0.2, 0.25) is 5.91 Å². The fourth-order valence-electron chi connectivity index (χ4n) is 2.86. The lowest BCUT2D eigenvalue weighted by molar-refractivity contribution is -0.121. The van der Waals surface area contributed by atoms with E-state index in [-0.39, 0.29) is 5.91 Å². The molecule has 0 saturated carbocycles. The van der Waals surface area contributed by atoms with Crippen LogP contribution in [-0.2, 0) is 4.79 Å². The Labute approximate surface area is 154 Å². The molecule has 1 fully saturated rings. The minimum atomic E-state index is 0.0732. The molecule has 0 radical (unpaired) electrons. The number of carbonyl (C=O) groups excluding carboxylic acids is 1. The molecular weight excluding hydrogens is 347 g/mol. The predicted octanol–water partition coefficient (Wildman–Crippen LogP) is 4.00. The number of rotatable bonds is 9. The average molecular weight is 373 g/mol. The first-order chi connectivity index (χ1) is 11.6. The molecule has 1 N–H and O–H groups in total. The molecule has 0 aromatic heterocycles. The van der Waals surface area contributed by atoms with E-state index in [2.05, 4.69) is 17.1 Å². The topological polar surface area (TPSA) is 41.6 Å². The van der Waals surface area contributed by atoms with Gasteiger partial charge in [0.1, 0.15) is 10.8 Å². The third-order valence-electron chi connectivity index (χ3n) is 4.14. The zero-order valence-corrected chi connectivity index (χ0v) is 15.7. The summed E-state index contributed by atoms with van der Waals surface area (Å²) >= 11 is 12.0. The van der Waals surface area contributed by atoms with Crippen molar-refractivity contribution in [2.75, 3.05) is 32.8 Å². The lowest BCUT2D eigenvalue weighted by Gasteiger charge is -2.20. The molecule has 2 rings (SSSR count). The van der Waals surface area contributed by atoms with Crippen molar-refractivity contribution >= 4 is 29.1 Å². The van der Waals surface area contributed by atoms with Gasteiger partial charge in [-0.15, -0.1) is 0 Å². The number of nitrogens with one attached hydrogen (secondary N) is 1. The lowest BCUT2D eigenvalue weighted by atomic mass is 10.1. The van der Waals surface area contributed by atoms with Gasteiger partial charge in [-0.05, 0) is 50.4 Å². The highest BCUT2D eigenvalue weighted by molar-refractivity contribution is 6.42. The van der Waals surface area contributed by atoms with Crippen molar-refractivity contribution in [3.05, 3.63) is 28.2 Å². The van der Waals surface area contributed by atoms with Crippen LogP contribution in [0, 0.1) is 5.92 Å². The van der Waals surface area contributed by atoms with Crippen LogP contribution in [0.25, 0.3) is 0 Å². The standard InChI is InChI=1S/C18H26Cl2N2O2/c1-14(13-22-9-2-3-10-22)12-21-17(23)8-5-11-24-16-7-4-6-15(19)18(16)20/h4,6-7,14H,2-3,5,8-13H2,1H3,(H,21,23)/t14-/m1/s1. The molecule has 1 aliphatic heterocycles. The van der Waals surface area contributed by atoms with Crippen LogP contribution < -0.4 is 10.1 Å². The minimum Gasteiger partial charge on any atom is -0.492 e. The molecule has 0 unspecified atom stereocenters. The van der Waals surface area contributed by atoms with Gasteiger partial charge in [-0.25, -0.2) is 0 Å². The summed E-state index contributed by atoms with van der Waals surface area (Å²) in [4.78, 5) is 14.4. The van der Waals surface area contributed by atoms with Crippen LogP contribution in [0.15, 0.2) is 18.2 Å². The molecule has 1 amide bonds. The van der Waals surface area contributed by atoms with Gasteiger partial charge in [0, 0.05) is 19.5 Å². The Kier molecular flexibility index (Phi) is 8.16. The maximum absolute atomic E-state index is 11.9. The van der Waals surface area contributed by atoms with Crippen molar-refractivity contribution in [2.45, 2.75) is 32.6 Å². The second kappa shape index (κ2) is 10.1. The van der Waals surface area contributed by atoms with Gasteiger partial charge >= 0.3 is 0 Å². The molecule has 0 aliphatic carbocycles. The SMILES string of the molecule is C[C@H](CNC(=O)CCCOc1cccc(Cl)c1Cl)CN1CCCC1. The van der Waals surface area contributed by atoms with Crippen molar-refractivity contribution in [3.63, 3.8) is 0 Å². The second-order valence-corrected chi connectivity index (χ2v) is 7.21. The van der Waals surface area contributed by atoms with Crippen molar-refractivity contribution < 1.29 is 9.53 Å². The van der Waals surface area contributed by atoms with Crippen LogP contribution in [0.2, 0.25) is 10.0 Å². The summed E-state index contributed by atoms with van der Waals surface area (Å²) in [5.74, 6) is 1.11. The molecule has 1 atom stereocenters. The third kappa shape index (κ3) is 6.50. The molecule has 6 heteroatoms. The summed E-state index contributed by atoms with van der Waals surface area (Å²) < 4.78 is 5.58. The second-order valence-electron chi connectivity index (χ2n) is 6.42. The lowest BCUT2D eigenvalue weighted by Crippen LogP contribution is -2.34. The van der Waals surface area contributed by atoms with E-state index < -0.39 is 0 Å². The fourth-order valence-corrected chi connectivity index (χ4v) is 3.20. The summed E-state index contributed by atoms with van der Waals surface area (Å²) in [6.07, 6.45) is 3.70. The molecule has 0 spiro atoms. The number of likely N-dealkylation sites (tertiary alicyclic amines) is 1. The molecular formula is C18H26Cl2N2O2. The van der Waals surface area contributed by atoms with Crippen molar-refractivity contribution in [1.82, 2.24) is 10.2 Å². The number of ether oxygens (including phenoxy) is 1. The molecule has 1 saturated heterocycles. The van der Waals surface area contributed by atoms with Gasteiger partial charge in [0.05, 0.1) is 11.6 Å². The number of halogens is 2. The van der Waals surface area contributed by atoms with Crippen LogP contribution in [0.5, 0.6) is 5.75 Å². The Balaban J connectivity index is 1.57. The van der Waals surface area contributed by atoms with Gasteiger partial charge < -0.3 is 15.0 Å². The predicted molar refractivity (Wildman–Crippen MR) is 99.0 cm³/mol. The maximum Gasteiger partial charge on any atom is 0.220 e. The van der Waals surface area contributed by atoms with Gasteiger partial charge in [0.25, 0.3) is 0 Å². The number of benzene rings is 1. The summed E-state index contributed by atoms with van der Waals surface area (Å²) in [5.41, 5.74) is 0. The van der Waals surface area contributed by atoms with Crippen LogP contribution in [0.3, 0.4) is 0 Å². The Morgan fingerprint density at radius 1 is 1.33 bits per heavy atom. The molecule has 0 bridgehead atoms. The van der Waals surface area contributed by atoms with E-state index in [4.69, 9.17) is 27.9 Å². The Bertz CT molecular complexity index is 534. The molecule has 1 aromatic carbocycles. The third-order valence-corrected chi connectivity index (χ3v) is 4.94. The normalized spacial score (nSPS) is 16.1. The highest BCUT2D eigenvalue weighted by atomic mass is 35.5. The number of carbonyl (C=O) groups is 1. The van der Waals surface area contributed by atoms with E-state index >= 15 is 0 Å². The quantitative estimate of drug-likeness (QED) is 0.666. The molecule has 134 valence electrons. The first-order valence-corrected chi connectivity index (χ1v) is 9.37. The molecule has 1 aromatic rings. The first kappa shape index (κ1) is 19.4. The van der Waals surface area contributed by atoms with E-state index in [1.54, 1.807) is 18.2 Å². The van der Waals surface area contributed by atoms with Gasteiger partial charge in [-0.2, -0.15) is 0 Å². The Hall–Kier alpha value is -0.970. The first-order valence-electron chi connectivity index (χ1n) is 8.62. The van der Waals surface area contributed by atoms with Crippen LogP contribution >= 0.6 is 23.2 Å². The van der Waals surface area contributed by atoms with Crippen molar-refractivity contribution in [2.24, 2.45) is 5.92 Å². The maximum atomic E-state index is 11.9. The largest absolute Gasteiger partial charge is 0.492 e. The van der Waals surface area contributed by atoms with Crippen LogP contribution in [-0.4, -0.2) is 43.6 Å². The van der Waals surface area contributed by atoms with Crippen molar-refractivity contribution in [3.8, 4) is 5.75 Å². The molecule has 24 heavy (non-hydrogen) atoms. The van der Waals surface area contributed by atoms with E-state index in [0.29, 0.717) is 41.2 Å². The zero-order chi connectivity index (χ0) is 17.4. The Morgan fingerprint density at radius 2 is 2.08 bits per heavy atom. The number of nitrogens with zero attached hydrogens (tertiary/aromatic N) is 1. The van der Waals surface area contributed by atoms with Crippen LogP contribution in [0.4, 0.5) is 0 Å². The number of hydrogen-bond acceptors (Lipinski definition) is 3. The molecule has 1 heterocycles. The summed E-state index contributed by atoms with van der Waals surface area (Å²) in [6, 6.07) is 5.28. The van der Waals surface area contributed by atoms with E-state index in [9.17, 15) is 4.79 Å². The van der Waals surface area contributed by atoms with Crippen LogP contribution in [0.1, 0.15) is 32.6 Å². The highest BCUT2D eigenvalue weighted by Crippen LogP contribution is 2.31. The highest BCUT2D eigenvalue weighted by Gasteiger charge is 2.15. The summed E-state index contributed by atoms with van der Waals surface area (Å²) in [6.45, 7) is 6.82. The molecule has 1 aliphatic rings. The monoisotopic (exact) mass is 372 g/mol. The van der Waals surface area contributed by atoms with Gasteiger partial charge in [0.15, 0.2) is 0 Å². The van der Waals surface area contributed by atoms with Crippen molar-refractivity contribution in [1.29, 1.82) is 0 Å². The number of amides is 1. The van der Waals surface area contributed by atoms with E-state index in [1.165, 1.54) is 25.9 Å². The Morgan fingerprint density at radius 3 is 2.83 bits per heavy atom. The van der Waals surface area contributed by atoms with E-state index in [0.717, 1.165) is 13.1 Å². The zero-order valence-electron chi connectivity index (χ0n) is 14.2. The summed E-state index contributed by atoms with van der Waals surface area (Å²) in [5, 5.41) is 3.89. The molecule has 4 nitrogen and oxygen atoms in total. The van der Waals surface area contributed by atoms with Gasteiger partial charge in [-0.1, -0.05) is 36.2 Å². The van der Waals surface area contributed by atoms with Gasteiger partial charge in [-0.3, -0.25) is 4.79 Å². The number of hydrogen-bond donors (Lipinski definition) is 1. The van der Waals surface area contributed by atoms with E-state index in [1.807, 2.05) is 0 Å². The average Bonchev–Trinajstić information content (AvgIpc) is 3.06. The minimum absolute atomic E-state index is 0.0732. The summed E-state index contributed by atoms with van der Waals surface area (Å²) in [7, 11) is 0. The smallest absolute Gasteiger partial charge is 0.220 e. The fraction of sp³-hybridized carbons (Fsp3) is 0.611.